The molecule has 1 aromatic heterocycles. The van der Waals surface area contributed by atoms with Gasteiger partial charge in [-0.25, -0.2) is 4.98 Å². The van der Waals surface area contributed by atoms with Crippen molar-refractivity contribution in [2.24, 2.45) is 0 Å². The summed E-state index contributed by atoms with van der Waals surface area (Å²) in [6, 6.07) is 16.2. The number of benzene rings is 2. The number of anilines is 1. The molecule has 0 bridgehead atoms. The summed E-state index contributed by atoms with van der Waals surface area (Å²) >= 11 is 1.60. The van der Waals surface area contributed by atoms with Crippen molar-refractivity contribution in [1.29, 1.82) is 0 Å². The van der Waals surface area contributed by atoms with E-state index >= 15 is 0 Å². The number of amides is 1. The highest BCUT2D eigenvalue weighted by Crippen LogP contribution is 2.29. The van der Waals surface area contributed by atoms with Gasteiger partial charge in [0.2, 0.25) is 11.9 Å². The zero-order valence-electron chi connectivity index (χ0n) is 12.9. The van der Waals surface area contributed by atoms with Crippen LogP contribution in [0.2, 0.25) is 0 Å². The predicted octanol–water partition coefficient (Wildman–Crippen LogP) is 3.48. The molecule has 0 aliphatic carbocycles. The number of carbonyl (C=O) groups is 1. The van der Waals surface area contributed by atoms with Crippen LogP contribution in [0.3, 0.4) is 0 Å². The normalized spacial score (nSPS) is 13.5. The van der Waals surface area contributed by atoms with Crippen LogP contribution in [0.4, 0.5) is 5.95 Å². The summed E-state index contributed by atoms with van der Waals surface area (Å²) in [7, 11) is 0. The lowest BCUT2D eigenvalue weighted by Gasteiger charge is -2.14. The third-order valence-corrected chi connectivity index (χ3v) is 5.33. The summed E-state index contributed by atoms with van der Waals surface area (Å²) in [4.78, 5) is 20.2. The van der Waals surface area contributed by atoms with Gasteiger partial charge in [-0.2, -0.15) is 0 Å². The first kappa shape index (κ1) is 14.3. The molecule has 0 fully saturated rings. The second-order valence-corrected chi connectivity index (χ2v) is 6.67. The van der Waals surface area contributed by atoms with Crippen LogP contribution in [0.15, 0.2) is 53.4 Å². The first-order valence-electron chi connectivity index (χ1n) is 7.68. The Morgan fingerprint density at radius 3 is 2.78 bits per heavy atom. The van der Waals surface area contributed by atoms with E-state index in [-0.39, 0.29) is 5.91 Å². The number of carbonyl (C=O) groups excluding carboxylic acids is 1. The Hall–Kier alpha value is -2.27. The van der Waals surface area contributed by atoms with Gasteiger partial charge in [0.05, 0.1) is 16.8 Å². The molecule has 3 aromatic rings. The van der Waals surface area contributed by atoms with E-state index < -0.39 is 0 Å². The number of aromatic nitrogens is 2. The second-order valence-electron chi connectivity index (χ2n) is 5.65. The fourth-order valence-corrected chi connectivity index (χ4v) is 3.87. The summed E-state index contributed by atoms with van der Waals surface area (Å²) < 4.78 is 2.13. The highest BCUT2D eigenvalue weighted by molar-refractivity contribution is 8.00. The Balaban J connectivity index is 1.54. The standard InChI is InChI=1S/C18H17N3OS/c1-13-6-2-5-9-16(13)23-12-17(22)21-11-10-20-15-8-4-3-7-14(15)19-18(20)21/h2-9H,10-12H2,1H3. The molecule has 4 nitrogen and oxygen atoms in total. The van der Waals surface area contributed by atoms with Gasteiger partial charge in [-0.05, 0) is 30.7 Å². The Morgan fingerprint density at radius 2 is 1.91 bits per heavy atom. The van der Waals surface area contributed by atoms with Crippen molar-refractivity contribution in [3.05, 3.63) is 54.1 Å². The third kappa shape index (κ3) is 2.51. The van der Waals surface area contributed by atoms with Crippen molar-refractivity contribution in [3.63, 3.8) is 0 Å². The van der Waals surface area contributed by atoms with Gasteiger partial charge < -0.3 is 4.57 Å². The van der Waals surface area contributed by atoms with Crippen LogP contribution in [0.25, 0.3) is 11.0 Å². The zero-order chi connectivity index (χ0) is 15.8. The van der Waals surface area contributed by atoms with Gasteiger partial charge in [-0.3, -0.25) is 9.69 Å². The molecule has 2 aromatic carbocycles. The van der Waals surface area contributed by atoms with Gasteiger partial charge in [0.15, 0.2) is 0 Å². The molecule has 1 aliphatic heterocycles. The third-order valence-electron chi connectivity index (χ3n) is 4.17. The van der Waals surface area contributed by atoms with E-state index in [1.807, 2.05) is 35.2 Å². The van der Waals surface area contributed by atoms with E-state index in [0.717, 1.165) is 28.4 Å². The molecule has 1 amide bonds. The molecular formula is C18H17N3OS. The average molecular weight is 323 g/mol. The highest BCUT2D eigenvalue weighted by Gasteiger charge is 2.28. The molecule has 0 saturated heterocycles. The van der Waals surface area contributed by atoms with Crippen LogP contribution < -0.4 is 4.90 Å². The van der Waals surface area contributed by atoms with Crippen molar-refractivity contribution in [2.75, 3.05) is 17.2 Å². The fraction of sp³-hybridized carbons (Fsp3) is 0.222. The van der Waals surface area contributed by atoms with E-state index in [4.69, 9.17) is 0 Å². The van der Waals surface area contributed by atoms with Crippen LogP contribution in [0, 0.1) is 6.92 Å². The van der Waals surface area contributed by atoms with Gasteiger partial charge in [0.1, 0.15) is 0 Å². The quantitative estimate of drug-likeness (QED) is 0.693. The van der Waals surface area contributed by atoms with Gasteiger partial charge in [0.25, 0.3) is 0 Å². The van der Waals surface area contributed by atoms with Gasteiger partial charge in [-0.1, -0.05) is 30.3 Å². The summed E-state index contributed by atoms with van der Waals surface area (Å²) in [6.45, 7) is 3.60. The smallest absolute Gasteiger partial charge is 0.239 e. The molecule has 0 N–H and O–H groups in total. The first-order valence-corrected chi connectivity index (χ1v) is 8.66. The van der Waals surface area contributed by atoms with E-state index in [2.05, 4.69) is 34.7 Å². The number of aryl methyl sites for hydroxylation is 1. The minimum absolute atomic E-state index is 0.118. The van der Waals surface area contributed by atoms with Crippen molar-refractivity contribution in [1.82, 2.24) is 9.55 Å². The fourth-order valence-electron chi connectivity index (χ4n) is 2.96. The topological polar surface area (TPSA) is 38.1 Å². The number of hydrogen-bond acceptors (Lipinski definition) is 3. The Kier molecular flexibility index (Phi) is 3.58. The van der Waals surface area contributed by atoms with Crippen LogP contribution in [-0.4, -0.2) is 27.8 Å². The monoisotopic (exact) mass is 323 g/mol. The molecule has 0 radical (unpaired) electrons. The van der Waals surface area contributed by atoms with Crippen LogP contribution >= 0.6 is 11.8 Å². The lowest BCUT2D eigenvalue weighted by atomic mass is 10.2. The van der Waals surface area contributed by atoms with Gasteiger partial charge >= 0.3 is 0 Å². The largest absolute Gasteiger partial charge is 0.308 e. The Labute approximate surface area is 139 Å². The maximum Gasteiger partial charge on any atom is 0.239 e. The molecule has 4 rings (SSSR count). The summed E-state index contributed by atoms with van der Waals surface area (Å²) in [6.07, 6.45) is 0. The number of hydrogen-bond donors (Lipinski definition) is 0. The molecule has 0 saturated carbocycles. The second kappa shape index (κ2) is 5.74. The molecule has 5 heteroatoms. The lowest BCUT2D eigenvalue weighted by Crippen LogP contribution is -2.31. The van der Waals surface area contributed by atoms with E-state index in [1.165, 1.54) is 5.56 Å². The summed E-state index contributed by atoms with van der Waals surface area (Å²) in [5.41, 5.74) is 3.26. The number of nitrogens with zero attached hydrogens (tertiary/aromatic N) is 3. The lowest BCUT2D eigenvalue weighted by molar-refractivity contribution is -0.116. The molecule has 23 heavy (non-hydrogen) atoms. The van der Waals surface area contributed by atoms with E-state index in [0.29, 0.717) is 12.3 Å². The molecule has 116 valence electrons. The van der Waals surface area contributed by atoms with Crippen LogP contribution in [-0.2, 0) is 11.3 Å². The van der Waals surface area contributed by atoms with Gasteiger partial charge in [-0.15, -0.1) is 11.8 Å². The summed E-state index contributed by atoms with van der Waals surface area (Å²) in [5, 5.41) is 0. The van der Waals surface area contributed by atoms with Crippen molar-refractivity contribution in [3.8, 4) is 0 Å². The first-order chi connectivity index (χ1) is 11.2. The van der Waals surface area contributed by atoms with Crippen LogP contribution in [0.5, 0.6) is 0 Å². The van der Waals surface area contributed by atoms with E-state index in [1.54, 1.807) is 11.8 Å². The molecule has 0 spiro atoms. The van der Waals surface area contributed by atoms with Crippen LogP contribution in [0.1, 0.15) is 5.56 Å². The number of imidazole rings is 1. The molecule has 2 heterocycles. The molecule has 1 aliphatic rings. The number of thioether (sulfide) groups is 1. The maximum atomic E-state index is 12.6. The van der Waals surface area contributed by atoms with E-state index in [9.17, 15) is 4.79 Å². The van der Waals surface area contributed by atoms with Gasteiger partial charge in [0, 0.05) is 18.0 Å². The average Bonchev–Trinajstić information content (AvgIpc) is 3.13. The summed E-state index contributed by atoms with van der Waals surface area (Å²) in [5.74, 6) is 1.34. The molecule has 0 unspecified atom stereocenters. The Morgan fingerprint density at radius 1 is 1.13 bits per heavy atom. The maximum absolute atomic E-state index is 12.6. The molecule has 0 atom stereocenters. The number of fused-ring (bicyclic) bond motifs is 3. The number of rotatable bonds is 3. The SMILES string of the molecule is Cc1ccccc1SCC(=O)N1CCn2c1nc1ccccc12. The minimum atomic E-state index is 0.118. The minimum Gasteiger partial charge on any atom is -0.308 e. The number of para-hydroxylation sites is 2. The predicted molar refractivity (Wildman–Crippen MR) is 94.0 cm³/mol. The Bertz CT molecular complexity index is 887. The highest BCUT2D eigenvalue weighted by atomic mass is 32.2. The zero-order valence-corrected chi connectivity index (χ0v) is 13.7. The van der Waals surface area contributed by atoms with Crippen molar-refractivity contribution < 1.29 is 4.79 Å². The molecular weight excluding hydrogens is 306 g/mol. The van der Waals surface area contributed by atoms with Crippen molar-refractivity contribution >= 4 is 34.7 Å². The van der Waals surface area contributed by atoms with Crippen molar-refractivity contribution in [2.45, 2.75) is 18.4 Å².